The predicted molar refractivity (Wildman–Crippen MR) is 73.8 cm³/mol. The molecule has 6 nitrogen and oxygen atoms in total. The van der Waals surface area contributed by atoms with E-state index in [1.54, 1.807) is 20.2 Å². The molecule has 19 heavy (non-hydrogen) atoms. The van der Waals surface area contributed by atoms with Gasteiger partial charge in [0.1, 0.15) is 0 Å². The van der Waals surface area contributed by atoms with E-state index in [2.05, 4.69) is 31.3 Å². The quantitative estimate of drug-likeness (QED) is 0.777. The Hall–Kier alpha value is -1.34. The van der Waals surface area contributed by atoms with Crippen LogP contribution in [-0.4, -0.2) is 27.3 Å². The lowest BCUT2D eigenvalue weighted by molar-refractivity contribution is 0.274. The molecule has 102 valence electrons. The van der Waals surface area contributed by atoms with Crippen LogP contribution in [0.4, 0.5) is 0 Å². The summed E-state index contributed by atoms with van der Waals surface area (Å²) in [6.07, 6.45) is 0. The number of tetrazole rings is 1. The van der Waals surface area contributed by atoms with Crippen LogP contribution in [0.3, 0.4) is 0 Å². The highest BCUT2D eigenvalue weighted by Gasteiger charge is 2.13. The maximum absolute atomic E-state index is 6.01. The SMILES string of the molecule is COc1cc(Cl)cc(CBr)c1OCc1nnn(C)n1. The van der Waals surface area contributed by atoms with Crippen LogP contribution in [0.1, 0.15) is 11.4 Å². The minimum Gasteiger partial charge on any atom is -0.493 e. The van der Waals surface area contributed by atoms with Gasteiger partial charge >= 0.3 is 0 Å². The first-order chi connectivity index (χ1) is 9.13. The molecule has 1 heterocycles. The zero-order valence-electron chi connectivity index (χ0n) is 10.4. The molecule has 0 spiro atoms. The topological polar surface area (TPSA) is 62.1 Å². The summed E-state index contributed by atoms with van der Waals surface area (Å²) in [6.45, 7) is 0.214. The molecule has 1 aromatic heterocycles. The van der Waals surface area contributed by atoms with Gasteiger partial charge in [-0.05, 0) is 11.3 Å². The lowest BCUT2D eigenvalue weighted by atomic mass is 10.2. The monoisotopic (exact) mass is 346 g/mol. The molecule has 0 saturated carbocycles. The zero-order chi connectivity index (χ0) is 13.8. The Morgan fingerprint density at radius 1 is 1.42 bits per heavy atom. The van der Waals surface area contributed by atoms with E-state index >= 15 is 0 Å². The third-order valence-corrected chi connectivity index (χ3v) is 3.18. The molecule has 8 heteroatoms. The van der Waals surface area contributed by atoms with Crippen LogP contribution < -0.4 is 9.47 Å². The molecule has 1 aromatic carbocycles. The van der Waals surface area contributed by atoms with E-state index in [-0.39, 0.29) is 6.61 Å². The van der Waals surface area contributed by atoms with Crippen LogP contribution in [0.25, 0.3) is 0 Å². The number of nitrogens with zero attached hydrogens (tertiary/aromatic N) is 4. The Morgan fingerprint density at radius 3 is 2.79 bits per heavy atom. The smallest absolute Gasteiger partial charge is 0.212 e. The largest absolute Gasteiger partial charge is 0.493 e. The summed E-state index contributed by atoms with van der Waals surface area (Å²) in [5.41, 5.74) is 0.897. The highest BCUT2D eigenvalue weighted by Crippen LogP contribution is 2.36. The number of methoxy groups -OCH3 is 1. The zero-order valence-corrected chi connectivity index (χ0v) is 12.8. The Balaban J connectivity index is 2.23. The predicted octanol–water partition coefficient (Wildman–Crippen LogP) is 2.35. The Labute approximate surface area is 123 Å². The van der Waals surface area contributed by atoms with Crippen LogP contribution in [0.15, 0.2) is 12.1 Å². The van der Waals surface area contributed by atoms with Crippen molar-refractivity contribution < 1.29 is 9.47 Å². The Bertz CT molecular complexity index is 551. The Kier molecular flexibility index (Phi) is 4.60. The second-order valence-electron chi connectivity index (χ2n) is 3.71. The summed E-state index contributed by atoms with van der Waals surface area (Å²) in [5.74, 6) is 1.70. The molecular formula is C11H12BrClN4O2. The van der Waals surface area contributed by atoms with Crippen LogP contribution in [0.5, 0.6) is 11.5 Å². The van der Waals surface area contributed by atoms with Crippen molar-refractivity contribution in [3.63, 3.8) is 0 Å². The number of hydrogen-bond donors (Lipinski definition) is 0. The van der Waals surface area contributed by atoms with Gasteiger partial charge in [0.25, 0.3) is 0 Å². The number of aromatic nitrogens is 4. The summed E-state index contributed by atoms with van der Waals surface area (Å²) >= 11 is 9.40. The van der Waals surface area contributed by atoms with Gasteiger partial charge in [-0.2, -0.15) is 4.80 Å². The fourth-order valence-electron chi connectivity index (χ4n) is 1.56. The molecule has 0 saturated heterocycles. The molecule has 2 aromatic rings. The van der Waals surface area contributed by atoms with Crippen molar-refractivity contribution in [2.75, 3.05) is 7.11 Å². The third kappa shape index (κ3) is 3.36. The number of rotatable bonds is 5. The second-order valence-corrected chi connectivity index (χ2v) is 4.71. The van der Waals surface area contributed by atoms with Crippen LogP contribution in [-0.2, 0) is 19.0 Å². The average Bonchev–Trinajstić information content (AvgIpc) is 2.81. The third-order valence-electron chi connectivity index (χ3n) is 2.36. The summed E-state index contributed by atoms with van der Waals surface area (Å²) in [5, 5.41) is 12.8. The summed E-state index contributed by atoms with van der Waals surface area (Å²) in [6, 6.07) is 3.52. The van der Waals surface area contributed by atoms with Gasteiger partial charge in [-0.3, -0.25) is 0 Å². The number of benzene rings is 1. The summed E-state index contributed by atoms with van der Waals surface area (Å²) < 4.78 is 11.0. The number of aryl methyl sites for hydroxylation is 1. The molecule has 0 N–H and O–H groups in total. The molecule has 0 fully saturated rings. The van der Waals surface area contributed by atoms with Gasteiger partial charge in [0.15, 0.2) is 18.1 Å². The van der Waals surface area contributed by atoms with Gasteiger partial charge in [-0.15, -0.1) is 10.2 Å². The van der Waals surface area contributed by atoms with Crippen molar-refractivity contribution in [1.29, 1.82) is 0 Å². The molecule has 0 atom stereocenters. The summed E-state index contributed by atoms with van der Waals surface area (Å²) in [7, 11) is 3.26. The van der Waals surface area contributed by atoms with E-state index in [9.17, 15) is 0 Å². The molecule has 0 unspecified atom stereocenters. The van der Waals surface area contributed by atoms with E-state index in [1.807, 2.05) is 6.07 Å². The first-order valence-electron chi connectivity index (χ1n) is 5.42. The van der Waals surface area contributed by atoms with Crippen molar-refractivity contribution >= 4 is 27.5 Å². The number of alkyl halides is 1. The lowest BCUT2D eigenvalue weighted by Crippen LogP contribution is -2.02. The Morgan fingerprint density at radius 2 is 2.21 bits per heavy atom. The number of halogens is 2. The van der Waals surface area contributed by atoms with Gasteiger partial charge < -0.3 is 9.47 Å². The minimum atomic E-state index is 0.214. The average molecular weight is 348 g/mol. The maximum atomic E-state index is 6.01. The van der Waals surface area contributed by atoms with Crippen molar-refractivity contribution in [2.24, 2.45) is 7.05 Å². The molecule has 0 aliphatic carbocycles. The van der Waals surface area contributed by atoms with Crippen molar-refractivity contribution in [3.8, 4) is 11.5 Å². The first-order valence-corrected chi connectivity index (χ1v) is 6.92. The maximum Gasteiger partial charge on any atom is 0.212 e. The van der Waals surface area contributed by atoms with Crippen LogP contribution in [0, 0.1) is 0 Å². The van der Waals surface area contributed by atoms with E-state index in [0.29, 0.717) is 27.7 Å². The van der Waals surface area contributed by atoms with E-state index in [1.165, 1.54) is 4.80 Å². The number of hydrogen-bond acceptors (Lipinski definition) is 5. The normalized spacial score (nSPS) is 10.5. The van der Waals surface area contributed by atoms with Crippen molar-refractivity contribution in [1.82, 2.24) is 20.2 Å². The first kappa shape index (κ1) is 14.1. The lowest BCUT2D eigenvalue weighted by Gasteiger charge is -2.13. The fourth-order valence-corrected chi connectivity index (χ4v) is 2.20. The molecular weight excluding hydrogens is 336 g/mol. The molecule has 0 aliphatic rings. The van der Waals surface area contributed by atoms with E-state index in [4.69, 9.17) is 21.1 Å². The molecule has 2 rings (SSSR count). The second kappa shape index (κ2) is 6.21. The van der Waals surface area contributed by atoms with Gasteiger partial charge in [-0.1, -0.05) is 27.5 Å². The molecule has 0 radical (unpaired) electrons. The fraction of sp³-hybridized carbons (Fsp3) is 0.364. The highest BCUT2D eigenvalue weighted by molar-refractivity contribution is 9.08. The van der Waals surface area contributed by atoms with E-state index < -0.39 is 0 Å². The highest BCUT2D eigenvalue weighted by atomic mass is 79.9. The molecule has 0 bridgehead atoms. The molecule has 0 aliphatic heterocycles. The van der Waals surface area contributed by atoms with Crippen LogP contribution >= 0.6 is 27.5 Å². The standard InChI is InChI=1S/C11H12BrClN4O2/c1-17-15-10(14-16-17)6-19-11-7(5-12)3-8(13)4-9(11)18-2/h3-4H,5-6H2,1-2H3. The number of ether oxygens (including phenoxy) is 2. The van der Waals surface area contributed by atoms with Gasteiger partial charge in [0.2, 0.25) is 5.82 Å². The van der Waals surface area contributed by atoms with Crippen LogP contribution in [0.2, 0.25) is 5.02 Å². The van der Waals surface area contributed by atoms with Gasteiger partial charge in [0, 0.05) is 22.0 Å². The molecule has 0 amide bonds. The van der Waals surface area contributed by atoms with E-state index in [0.717, 1.165) is 5.56 Å². The van der Waals surface area contributed by atoms with Crippen molar-refractivity contribution in [2.45, 2.75) is 11.9 Å². The van der Waals surface area contributed by atoms with Gasteiger partial charge in [0.05, 0.1) is 14.2 Å². The summed E-state index contributed by atoms with van der Waals surface area (Å²) in [4.78, 5) is 1.38. The van der Waals surface area contributed by atoms with Crippen molar-refractivity contribution in [3.05, 3.63) is 28.5 Å². The van der Waals surface area contributed by atoms with Gasteiger partial charge in [-0.25, -0.2) is 0 Å². The minimum absolute atomic E-state index is 0.214.